The lowest BCUT2D eigenvalue weighted by Gasteiger charge is -2.22. The first-order valence-electron chi connectivity index (χ1n) is 9.70. The van der Waals surface area contributed by atoms with E-state index in [4.69, 9.17) is 0 Å². The molecule has 156 valence electrons. The first-order valence-corrected chi connectivity index (χ1v) is 12.0. The Morgan fingerprint density at radius 2 is 2.10 bits per heavy atom. The third-order valence-electron chi connectivity index (χ3n) is 5.74. The van der Waals surface area contributed by atoms with Crippen LogP contribution in [-0.4, -0.2) is 51.4 Å². The minimum Gasteiger partial charge on any atom is -0.352 e. The fourth-order valence-electron chi connectivity index (χ4n) is 4.09. The number of hydrogen-bond donors (Lipinski definition) is 2. The second-order valence-corrected chi connectivity index (χ2v) is 11.2. The van der Waals surface area contributed by atoms with Gasteiger partial charge in [-0.15, -0.1) is 10.3 Å². The van der Waals surface area contributed by atoms with E-state index in [9.17, 15) is 9.35 Å². The fraction of sp³-hybridized carbons (Fsp3) is 0.350. The number of nitrogens with one attached hydrogen (secondary N) is 1. The molecular formula is C20H23N7O2S. The monoisotopic (exact) mass is 425 g/mol. The summed E-state index contributed by atoms with van der Waals surface area (Å²) in [4.78, 5) is 30.4. The van der Waals surface area contributed by atoms with Gasteiger partial charge in [0.05, 0.1) is 17.8 Å². The Kier molecular flexibility index (Phi) is 4.30. The predicted molar refractivity (Wildman–Crippen MR) is 120 cm³/mol. The van der Waals surface area contributed by atoms with Gasteiger partial charge in [0, 0.05) is 35.8 Å². The SMILES string of the molecule is Cc1cc2ncncc2cc1Nc1ncc2c(n1)n(C1CCS(C)(O)C1)c(=O)n2C. The van der Waals surface area contributed by atoms with Crippen LogP contribution in [-0.2, 0) is 7.05 Å². The molecule has 5 rings (SSSR count). The quantitative estimate of drug-likeness (QED) is 0.519. The minimum absolute atomic E-state index is 0.0477. The smallest absolute Gasteiger partial charge is 0.330 e. The summed E-state index contributed by atoms with van der Waals surface area (Å²) in [7, 11) is 0.0826. The van der Waals surface area contributed by atoms with Gasteiger partial charge in [-0.3, -0.25) is 9.13 Å². The van der Waals surface area contributed by atoms with Crippen LogP contribution in [0.3, 0.4) is 0 Å². The summed E-state index contributed by atoms with van der Waals surface area (Å²) in [6, 6.07) is 3.90. The van der Waals surface area contributed by atoms with Gasteiger partial charge in [0.15, 0.2) is 5.65 Å². The molecule has 0 bridgehead atoms. The number of imidazole rings is 1. The van der Waals surface area contributed by atoms with Crippen LogP contribution < -0.4 is 11.0 Å². The second kappa shape index (κ2) is 6.78. The van der Waals surface area contributed by atoms with Crippen LogP contribution in [0.15, 0.2) is 35.6 Å². The summed E-state index contributed by atoms with van der Waals surface area (Å²) in [6.45, 7) is 1.99. The van der Waals surface area contributed by atoms with Crippen LogP contribution in [0.1, 0.15) is 18.0 Å². The molecule has 2 atom stereocenters. The molecule has 1 aromatic carbocycles. The zero-order chi connectivity index (χ0) is 21.0. The summed E-state index contributed by atoms with van der Waals surface area (Å²) in [6.07, 6.45) is 7.64. The first-order chi connectivity index (χ1) is 14.3. The molecule has 0 radical (unpaired) electrons. The van der Waals surface area contributed by atoms with E-state index in [1.165, 1.54) is 6.33 Å². The van der Waals surface area contributed by atoms with E-state index in [-0.39, 0.29) is 11.7 Å². The van der Waals surface area contributed by atoms with E-state index < -0.39 is 10.3 Å². The lowest BCUT2D eigenvalue weighted by molar-refractivity contribution is 0.542. The third kappa shape index (κ3) is 3.12. The van der Waals surface area contributed by atoms with Crippen molar-refractivity contribution < 1.29 is 4.55 Å². The third-order valence-corrected chi connectivity index (χ3v) is 7.96. The van der Waals surface area contributed by atoms with Gasteiger partial charge in [0.2, 0.25) is 5.95 Å². The van der Waals surface area contributed by atoms with Gasteiger partial charge < -0.3 is 9.87 Å². The Balaban J connectivity index is 1.58. The largest absolute Gasteiger partial charge is 0.352 e. The van der Waals surface area contributed by atoms with Gasteiger partial charge in [-0.2, -0.15) is 4.98 Å². The summed E-state index contributed by atoms with van der Waals surface area (Å²) in [5.41, 5.74) is 3.87. The van der Waals surface area contributed by atoms with E-state index in [2.05, 4.69) is 25.3 Å². The summed E-state index contributed by atoms with van der Waals surface area (Å²) < 4.78 is 13.8. The molecule has 0 spiro atoms. The van der Waals surface area contributed by atoms with Crippen molar-refractivity contribution in [1.82, 2.24) is 29.1 Å². The number of benzene rings is 1. The molecule has 1 aliphatic heterocycles. The maximum atomic E-state index is 12.9. The van der Waals surface area contributed by atoms with Crippen LogP contribution in [0.25, 0.3) is 22.1 Å². The van der Waals surface area contributed by atoms with Crippen molar-refractivity contribution in [3.8, 4) is 0 Å². The molecule has 1 fully saturated rings. The van der Waals surface area contributed by atoms with Gasteiger partial charge in [0.1, 0.15) is 11.8 Å². The van der Waals surface area contributed by atoms with E-state index in [1.807, 2.05) is 25.3 Å². The molecular weight excluding hydrogens is 402 g/mol. The Labute approximate surface area is 174 Å². The number of rotatable bonds is 3. The second-order valence-electron chi connectivity index (χ2n) is 8.02. The topological polar surface area (TPSA) is 111 Å². The summed E-state index contributed by atoms with van der Waals surface area (Å²) in [5, 5.41) is 4.19. The number of nitrogens with zero attached hydrogens (tertiary/aromatic N) is 6. The Morgan fingerprint density at radius 3 is 2.87 bits per heavy atom. The Bertz CT molecular complexity index is 1340. The van der Waals surface area contributed by atoms with Gasteiger partial charge in [0.25, 0.3) is 0 Å². The molecule has 3 aromatic heterocycles. The maximum Gasteiger partial charge on any atom is 0.330 e. The van der Waals surface area contributed by atoms with Crippen LogP contribution >= 0.6 is 10.3 Å². The molecule has 1 aliphatic rings. The van der Waals surface area contributed by atoms with Crippen molar-refractivity contribution in [3.63, 3.8) is 0 Å². The van der Waals surface area contributed by atoms with Crippen molar-refractivity contribution in [3.05, 3.63) is 46.9 Å². The molecule has 9 nitrogen and oxygen atoms in total. The highest BCUT2D eigenvalue weighted by Gasteiger charge is 2.33. The van der Waals surface area contributed by atoms with Crippen LogP contribution in [0.4, 0.5) is 11.6 Å². The highest BCUT2D eigenvalue weighted by molar-refractivity contribution is 8.28. The van der Waals surface area contributed by atoms with Gasteiger partial charge in [-0.25, -0.2) is 19.7 Å². The number of aryl methyl sites for hydroxylation is 2. The van der Waals surface area contributed by atoms with Crippen LogP contribution in [0.5, 0.6) is 0 Å². The van der Waals surface area contributed by atoms with Crippen LogP contribution in [0.2, 0.25) is 0 Å². The summed E-state index contributed by atoms with van der Waals surface area (Å²) in [5.74, 6) is 1.77. The highest BCUT2D eigenvalue weighted by atomic mass is 32.3. The molecule has 10 heteroatoms. The maximum absolute atomic E-state index is 12.9. The summed E-state index contributed by atoms with van der Waals surface area (Å²) >= 11 is 0. The Morgan fingerprint density at radius 1 is 1.27 bits per heavy atom. The Hall–Kier alpha value is -2.98. The molecule has 2 unspecified atom stereocenters. The van der Waals surface area contributed by atoms with E-state index in [0.717, 1.165) is 34.3 Å². The fourth-order valence-corrected chi connectivity index (χ4v) is 6.18. The van der Waals surface area contributed by atoms with Crippen molar-refractivity contribution >= 4 is 44.0 Å². The molecule has 30 heavy (non-hydrogen) atoms. The minimum atomic E-state index is -1.64. The molecule has 0 saturated carbocycles. The van der Waals surface area contributed by atoms with Crippen LogP contribution in [0, 0.1) is 6.92 Å². The average Bonchev–Trinajstić information content (AvgIpc) is 3.18. The van der Waals surface area contributed by atoms with Crippen molar-refractivity contribution in [1.29, 1.82) is 0 Å². The molecule has 1 saturated heterocycles. The standard InChI is InChI=1S/C20H23N7O2S/c1-12-6-16-13(8-21-11-23-16)7-15(12)24-19-22-9-17-18(25-19)27(20(28)26(17)2)14-4-5-30(3,29)10-14/h6-9,11,14,29H,4-5,10H2,1-3H3,(H,22,24,25). The van der Waals surface area contributed by atoms with Gasteiger partial charge in [-0.05, 0) is 37.3 Å². The van der Waals surface area contributed by atoms with Crippen molar-refractivity contribution in [2.24, 2.45) is 7.05 Å². The normalized spacial score (nSPS) is 23.7. The van der Waals surface area contributed by atoms with E-state index in [0.29, 0.717) is 22.9 Å². The average molecular weight is 426 g/mol. The van der Waals surface area contributed by atoms with E-state index >= 15 is 0 Å². The molecule has 0 aliphatic carbocycles. The predicted octanol–water partition coefficient (Wildman–Crippen LogP) is 2.98. The zero-order valence-corrected chi connectivity index (χ0v) is 17.8. The molecule has 4 aromatic rings. The zero-order valence-electron chi connectivity index (χ0n) is 17.0. The number of fused-ring (bicyclic) bond motifs is 2. The molecule has 4 heterocycles. The van der Waals surface area contributed by atoms with Crippen molar-refractivity contribution in [2.75, 3.05) is 23.1 Å². The van der Waals surface area contributed by atoms with Gasteiger partial charge >= 0.3 is 5.69 Å². The van der Waals surface area contributed by atoms with E-state index in [1.54, 1.807) is 28.6 Å². The molecule has 2 N–H and O–H groups in total. The highest BCUT2D eigenvalue weighted by Crippen LogP contribution is 2.50. The van der Waals surface area contributed by atoms with Gasteiger partial charge in [-0.1, -0.05) is 0 Å². The van der Waals surface area contributed by atoms with Crippen molar-refractivity contribution in [2.45, 2.75) is 19.4 Å². The number of hydrogen-bond acceptors (Lipinski definition) is 7. The lowest BCUT2D eigenvalue weighted by atomic mass is 10.1. The molecule has 0 amide bonds. The first kappa shape index (κ1) is 19.0. The lowest BCUT2D eigenvalue weighted by Crippen LogP contribution is -2.26. The number of anilines is 2. The number of aromatic nitrogens is 6.